The summed E-state index contributed by atoms with van der Waals surface area (Å²) in [6, 6.07) is 3.83. The molecule has 0 saturated heterocycles. The van der Waals surface area contributed by atoms with Crippen LogP contribution >= 0.6 is 0 Å². The van der Waals surface area contributed by atoms with Crippen LogP contribution in [0.1, 0.15) is 25.5 Å². The monoisotopic (exact) mass is 209 g/mol. The predicted octanol–water partition coefficient (Wildman–Crippen LogP) is 0.863. The van der Waals surface area contributed by atoms with Crippen LogP contribution in [0.15, 0.2) is 18.3 Å². The van der Waals surface area contributed by atoms with Gasteiger partial charge in [-0.3, -0.25) is 4.79 Å². The SMILES string of the molecule is CCCCNC(=O)Cn1cccc1CN. The minimum atomic E-state index is 0.0503. The average Bonchev–Trinajstić information content (AvgIpc) is 2.65. The number of nitrogens with zero attached hydrogens (tertiary/aromatic N) is 1. The number of amides is 1. The van der Waals surface area contributed by atoms with Crippen LogP contribution in [-0.2, 0) is 17.9 Å². The van der Waals surface area contributed by atoms with Crippen LogP contribution in [0.3, 0.4) is 0 Å². The van der Waals surface area contributed by atoms with Gasteiger partial charge in [0, 0.05) is 25.0 Å². The van der Waals surface area contributed by atoms with E-state index < -0.39 is 0 Å². The average molecular weight is 209 g/mol. The third kappa shape index (κ3) is 3.75. The highest BCUT2D eigenvalue weighted by Gasteiger charge is 2.04. The van der Waals surface area contributed by atoms with E-state index in [2.05, 4.69) is 12.2 Å². The smallest absolute Gasteiger partial charge is 0.239 e. The van der Waals surface area contributed by atoms with E-state index >= 15 is 0 Å². The van der Waals surface area contributed by atoms with Crippen LogP contribution in [0.5, 0.6) is 0 Å². The highest BCUT2D eigenvalue weighted by molar-refractivity contribution is 5.75. The van der Waals surface area contributed by atoms with E-state index in [0.29, 0.717) is 13.1 Å². The van der Waals surface area contributed by atoms with Crippen molar-refractivity contribution in [3.63, 3.8) is 0 Å². The van der Waals surface area contributed by atoms with Crippen molar-refractivity contribution in [2.24, 2.45) is 5.73 Å². The molecular formula is C11H19N3O. The maximum atomic E-state index is 11.5. The highest BCUT2D eigenvalue weighted by atomic mass is 16.1. The molecule has 0 saturated carbocycles. The van der Waals surface area contributed by atoms with Crippen LogP contribution in [0.25, 0.3) is 0 Å². The molecule has 1 heterocycles. The molecule has 0 aliphatic carbocycles. The van der Waals surface area contributed by atoms with Gasteiger partial charge in [-0.15, -0.1) is 0 Å². The molecule has 0 bridgehead atoms. The third-order valence-corrected chi connectivity index (χ3v) is 2.30. The lowest BCUT2D eigenvalue weighted by Crippen LogP contribution is -2.28. The zero-order chi connectivity index (χ0) is 11.1. The molecular weight excluding hydrogens is 190 g/mol. The quantitative estimate of drug-likeness (QED) is 0.683. The van der Waals surface area contributed by atoms with E-state index in [1.165, 1.54) is 0 Å². The maximum absolute atomic E-state index is 11.5. The van der Waals surface area contributed by atoms with Crippen LogP contribution < -0.4 is 11.1 Å². The van der Waals surface area contributed by atoms with Crippen LogP contribution in [0.2, 0.25) is 0 Å². The Hall–Kier alpha value is -1.29. The first-order valence-electron chi connectivity index (χ1n) is 5.38. The molecule has 0 aliphatic rings. The normalized spacial score (nSPS) is 10.3. The molecule has 0 atom stereocenters. The lowest BCUT2D eigenvalue weighted by molar-refractivity contribution is -0.121. The van der Waals surface area contributed by atoms with Crippen molar-refractivity contribution in [3.05, 3.63) is 24.0 Å². The molecule has 1 amide bonds. The number of nitrogens with two attached hydrogens (primary N) is 1. The van der Waals surface area contributed by atoms with Crippen LogP contribution in [-0.4, -0.2) is 17.0 Å². The molecule has 15 heavy (non-hydrogen) atoms. The molecule has 4 heteroatoms. The lowest BCUT2D eigenvalue weighted by Gasteiger charge is -2.08. The molecule has 84 valence electrons. The zero-order valence-electron chi connectivity index (χ0n) is 9.20. The lowest BCUT2D eigenvalue weighted by atomic mass is 10.3. The van der Waals surface area contributed by atoms with Gasteiger partial charge in [0.05, 0.1) is 0 Å². The summed E-state index contributed by atoms with van der Waals surface area (Å²) in [5.74, 6) is 0.0503. The van der Waals surface area contributed by atoms with Gasteiger partial charge in [0.15, 0.2) is 0 Å². The summed E-state index contributed by atoms with van der Waals surface area (Å²) in [5.41, 5.74) is 6.53. The number of carbonyl (C=O) groups is 1. The van der Waals surface area contributed by atoms with Gasteiger partial charge < -0.3 is 15.6 Å². The van der Waals surface area contributed by atoms with Crippen LogP contribution in [0.4, 0.5) is 0 Å². The Balaban J connectivity index is 2.37. The molecule has 1 aromatic rings. The largest absolute Gasteiger partial charge is 0.355 e. The Kier molecular flexibility index (Phi) is 4.90. The molecule has 4 nitrogen and oxygen atoms in total. The van der Waals surface area contributed by atoms with Crippen molar-refractivity contribution >= 4 is 5.91 Å². The van der Waals surface area contributed by atoms with Gasteiger partial charge in [0.1, 0.15) is 6.54 Å². The Morgan fingerprint density at radius 1 is 1.60 bits per heavy atom. The summed E-state index contributed by atoms with van der Waals surface area (Å²) in [4.78, 5) is 11.5. The first kappa shape index (κ1) is 11.8. The van der Waals surface area contributed by atoms with Gasteiger partial charge in [0.25, 0.3) is 0 Å². The van der Waals surface area contributed by atoms with Crippen molar-refractivity contribution in [2.45, 2.75) is 32.9 Å². The van der Waals surface area contributed by atoms with Gasteiger partial charge in [-0.2, -0.15) is 0 Å². The molecule has 0 unspecified atom stereocenters. The van der Waals surface area contributed by atoms with E-state index in [-0.39, 0.29) is 5.91 Å². The summed E-state index contributed by atoms with van der Waals surface area (Å²) in [6.07, 6.45) is 4.00. The van der Waals surface area contributed by atoms with Gasteiger partial charge in [0.2, 0.25) is 5.91 Å². The number of aromatic nitrogens is 1. The zero-order valence-corrected chi connectivity index (χ0v) is 9.20. The second-order valence-corrected chi connectivity index (χ2v) is 3.54. The van der Waals surface area contributed by atoms with Crippen molar-refractivity contribution < 1.29 is 4.79 Å². The Labute approximate surface area is 90.5 Å². The molecule has 1 rings (SSSR count). The van der Waals surface area contributed by atoms with Gasteiger partial charge in [-0.05, 0) is 18.6 Å². The van der Waals surface area contributed by atoms with E-state index in [4.69, 9.17) is 5.73 Å². The van der Waals surface area contributed by atoms with Crippen molar-refractivity contribution in [1.82, 2.24) is 9.88 Å². The highest BCUT2D eigenvalue weighted by Crippen LogP contribution is 2.00. The first-order chi connectivity index (χ1) is 7.27. The number of nitrogens with one attached hydrogen (secondary N) is 1. The number of unbranched alkanes of at least 4 members (excludes halogenated alkanes) is 1. The fourth-order valence-corrected chi connectivity index (χ4v) is 1.40. The van der Waals surface area contributed by atoms with Gasteiger partial charge in [-0.1, -0.05) is 13.3 Å². The first-order valence-corrected chi connectivity index (χ1v) is 5.38. The summed E-state index contributed by atoms with van der Waals surface area (Å²) in [7, 11) is 0. The Bertz CT molecular complexity index is 307. The van der Waals surface area contributed by atoms with E-state index in [1.54, 1.807) is 0 Å². The van der Waals surface area contributed by atoms with E-state index in [1.807, 2.05) is 22.9 Å². The maximum Gasteiger partial charge on any atom is 0.239 e. The molecule has 0 fully saturated rings. The minimum Gasteiger partial charge on any atom is -0.355 e. The third-order valence-electron chi connectivity index (χ3n) is 2.30. The van der Waals surface area contributed by atoms with Crippen molar-refractivity contribution in [3.8, 4) is 0 Å². The Morgan fingerprint density at radius 2 is 2.40 bits per heavy atom. The standard InChI is InChI=1S/C11H19N3O/c1-2-3-6-13-11(15)9-14-7-4-5-10(14)8-12/h4-5,7H,2-3,6,8-9,12H2,1H3,(H,13,15). The number of carbonyl (C=O) groups excluding carboxylic acids is 1. The van der Waals surface area contributed by atoms with Crippen molar-refractivity contribution in [2.75, 3.05) is 6.54 Å². The van der Waals surface area contributed by atoms with Crippen molar-refractivity contribution in [1.29, 1.82) is 0 Å². The number of hydrogen-bond donors (Lipinski definition) is 2. The molecule has 0 spiro atoms. The summed E-state index contributed by atoms with van der Waals surface area (Å²) in [6.45, 7) is 3.69. The predicted molar refractivity (Wildman–Crippen MR) is 60.2 cm³/mol. The Morgan fingerprint density at radius 3 is 3.07 bits per heavy atom. The molecule has 1 aromatic heterocycles. The second kappa shape index (κ2) is 6.24. The summed E-state index contributed by atoms with van der Waals surface area (Å²) in [5, 5.41) is 2.87. The topological polar surface area (TPSA) is 60.0 Å². The van der Waals surface area contributed by atoms with E-state index in [0.717, 1.165) is 25.1 Å². The summed E-state index contributed by atoms with van der Waals surface area (Å²) < 4.78 is 1.88. The van der Waals surface area contributed by atoms with Gasteiger partial charge >= 0.3 is 0 Å². The molecule has 0 aromatic carbocycles. The fraction of sp³-hybridized carbons (Fsp3) is 0.545. The summed E-state index contributed by atoms with van der Waals surface area (Å²) >= 11 is 0. The fourth-order valence-electron chi connectivity index (χ4n) is 1.40. The minimum absolute atomic E-state index is 0.0503. The number of hydrogen-bond acceptors (Lipinski definition) is 2. The van der Waals surface area contributed by atoms with E-state index in [9.17, 15) is 4.79 Å². The van der Waals surface area contributed by atoms with Crippen LogP contribution in [0, 0.1) is 0 Å². The number of rotatable bonds is 6. The molecule has 0 radical (unpaired) electrons. The molecule has 0 aliphatic heterocycles. The van der Waals surface area contributed by atoms with Gasteiger partial charge in [-0.25, -0.2) is 0 Å². The second-order valence-electron chi connectivity index (χ2n) is 3.54. The molecule has 3 N–H and O–H groups in total.